The van der Waals surface area contributed by atoms with Gasteiger partial charge in [-0.05, 0) is 50.1 Å². The van der Waals surface area contributed by atoms with Crippen molar-refractivity contribution in [3.63, 3.8) is 0 Å². The van der Waals surface area contributed by atoms with Crippen LogP contribution in [0.3, 0.4) is 0 Å². The van der Waals surface area contributed by atoms with E-state index in [0.29, 0.717) is 12.1 Å². The summed E-state index contributed by atoms with van der Waals surface area (Å²) >= 11 is 0. The van der Waals surface area contributed by atoms with E-state index < -0.39 is 34.6 Å². The molecular weight excluding hydrogens is 437 g/mol. The van der Waals surface area contributed by atoms with Crippen molar-refractivity contribution >= 4 is 5.91 Å². The number of carbonyl (C=O) groups is 1. The Morgan fingerprint density at radius 3 is 2.21 bits per heavy atom. The summed E-state index contributed by atoms with van der Waals surface area (Å²) in [5, 5.41) is 6.67. The van der Waals surface area contributed by atoms with E-state index in [2.05, 4.69) is 10.4 Å². The van der Waals surface area contributed by atoms with Crippen molar-refractivity contribution in [2.24, 2.45) is 0 Å². The fourth-order valence-corrected chi connectivity index (χ4v) is 3.03. The number of alkyl halides is 3. The molecule has 174 valence electrons. The smallest absolute Gasteiger partial charge is 0.348 e. The summed E-state index contributed by atoms with van der Waals surface area (Å²) < 4.78 is 40.3. The van der Waals surface area contributed by atoms with Crippen LogP contribution in [-0.4, -0.2) is 26.3 Å². The van der Waals surface area contributed by atoms with E-state index in [9.17, 15) is 27.6 Å². The molecule has 1 amide bonds. The molecule has 3 rings (SSSR count). The third kappa shape index (κ3) is 5.39. The third-order valence-electron chi connectivity index (χ3n) is 5.17. The molecule has 0 aliphatic heterocycles. The second-order valence-electron chi connectivity index (χ2n) is 7.75. The first-order valence-electron chi connectivity index (χ1n) is 10.3. The van der Waals surface area contributed by atoms with E-state index in [1.807, 2.05) is 13.8 Å². The monoisotopic (exact) mass is 460 g/mol. The fraction of sp³-hybridized carbons (Fsp3) is 0.304. The summed E-state index contributed by atoms with van der Waals surface area (Å²) in [6.45, 7) is 5.15. The van der Waals surface area contributed by atoms with Crippen molar-refractivity contribution in [3.05, 3.63) is 91.8 Å². The van der Waals surface area contributed by atoms with Crippen LogP contribution in [0.15, 0.2) is 58.1 Å². The second-order valence-corrected chi connectivity index (χ2v) is 7.75. The van der Waals surface area contributed by atoms with Crippen LogP contribution in [-0.2, 0) is 12.7 Å². The minimum Gasteiger partial charge on any atom is -0.348 e. The summed E-state index contributed by atoms with van der Waals surface area (Å²) in [5.41, 5.74) is -1.52. The van der Waals surface area contributed by atoms with Gasteiger partial charge in [-0.15, -0.1) is 0 Å². The number of nitrogens with one attached hydrogen (secondary N) is 1. The molecule has 0 spiro atoms. The van der Waals surface area contributed by atoms with Crippen LogP contribution in [0.4, 0.5) is 13.2 Å². The Hall–Kier alpha value is -3.69. The summed E-state index contributed by atoms with van der Waals surface area (Å²) in [6, 6.07) is 10.6. The van der Waals surface area contributed by atoms with Gasteiger partial charge in [-0.25, -0.2) is 4.79 Å². The van der Waals surface area contributed by atoms with Gasteiger partial charge < -0.3 is 5.32 Å². The normalized spacial score (nSPS) is 12.4. The summed E-state index contributed by atoms with van der Waals surface area (Å²) in [6.07, 6.45) is -3.89. The van der Waals surface area contributed by atoms with E-state index in [-0.39, 0.29) is 18.2 Å². The number of hydrogen-bond acceptors (Lipinski definition) is 4. The molecule has 1 heterocycles. The highest BCUT2D eigenvalue weighted by Gasteiger charge is 2.30. The van der Waals surface area contributed by atoms with Gasteiger partial charge in [-0.2, -0.15) is 23.0 Å². The molecule has 0 saturated heterocycles. The lowest BCUT2D eigenvalue weighted by atomic mass is 10.1. The molecule has 33 heavy (non-hydrogen) atoms. The molecule has 0 aliphatic rings. The molecule has 3 aromatic rings. The van der Waals surface area contributed by atoms with Gasteiger partial charge in [0.1, 0.15) is 0 Å². The van der Waals surface area contributed by atoms with Crippen LogP contribution in [0.25, 0.3) is 5.69 Å². The van der Waals surface area contributed by atoms with Crippen molar-refractivity contribution in [1.29, 1.82) is 0 Å². The quantitative estimate of drug-likeness (QED) is 0.612. The molecule has 0 fully saturated rings. The molecule has 0 aliphatic carbocycles. The molecule has 7 nitrogen and oxygen atoms in total. The van der Waals surface area contributed by atoms with Gasteiger partial charge in [0.05, 0.1) is 17.8 Å². The number of aromatic nitrogens is 3. The zero-order valence-corrected chi connectivity index (χ0v) is 18.3. The van der Waals surface area contributed by atoms with E-state index in [1.165, 1.54) is 12.1 Å². The highest BCUT2D eigenvalue weighted by atomic mass is 19.4. The first kappa shape index (κ1) is 24.0. The molecule has 1 unspecified atom stereocenters. The predicted octanol–water partition coefficient (Wildman–Crippen LogP) is 3.30. The second kappa shape index (κ2) is 9.43. The van der Waals surface area contributed by atoms with Crippen LogP contribution in [0.5, 0.6) is 0 Å². The van der Waals surface area contributed by atoms with E-state index >= 15 is 0 Å². The van der Waals surface area contributed by atoms with Gasteiger partial charge in [0.15, 0.2) is 0 Å². The highest BCUT2D eigenvalue weighted by molar-refractivity contribution is 5.91. The molecule has 0 radical (unpaired) electrons. The van der Waals surface area contributed by atoms with Gasteiger partial charge >= 0.3 is 11.9 Å². The molecule has 2 aromatic carbocycles. The molecular formula is C23H23F3N4O3. The van der Waals surface area contributed by atoms with Crippen molar-refractivity contribution in [2.45, 2.75) is 46.0 Å². The molecule has 0 saturated carbocycles. The SMILES string of the molecule is CCC(C)NC(=O)c1nn(-c2ccc(C)cc2)c(=O)n(Cc2ccc(C(F)(F)F)cc2)c1=O. The van der Waals surface area contributed by atoms with Crippen molar-refractivity contribution in [1.82, 2.24) is 19.7 Å². The molecule has 1 aromatic heterocycles. The zero-order chi connectivity index (χ0) is 24.3. The van der Waals surface area contributed by atoms with Crippen molar-refractivity contribution in [2.75, 3.05) is 0 Å². The largest absolute Gasteiger partial charge is 0.416 e. The van der Waals surface area contributed by atoms with Crippen molar-refractivity contribution in [3.8, 4) is 5.69 Å². The van der Waals surface area contributed by atoms with Gasteiger partial charge in [-0.1, -0.05) is 36.8 Å². The van der Waals surface area contributed by atoms with Gasteiger partial charge in [0.25, 0.3) is 11.5 Å². The lowest BCUT2D eigenvalue weighted by Gasteiger charge is -2.14. The minimum atomic E-state index is -4.51. The highest BCUT2D eigenvalue weighted by Crippen LogP contribution is 2.29. The number of carbonyl (C=O) groups excluding carboxylic acids is 1. The molecule has 1 atom stereocenters. The molecule has 10 heteroatoms. The average molecular weight is 460 g/mol. The zero-order valence-electron chi connectivity index (χ0n) is 18.3. The lowest BCUT2D eigenvalue weighted by molar-refractivity contribution is -0.137. The maximum Gasteiger partial charge on any atom is 0.416 e. The molecule has 1 N–H and O–H groups in total. The Morgan fingerprint density at radius 2 is 1.67 bits per heavy atom. The van der Waals surface area contributed by atoms with Gasteiger partial charge in [0.2, 0.25) is 5.69 Å². The number of nitrogens with zero attached hydrogens (tertiary/aromatic N) is 3. The number of amides is 1. The summed E-state index contributed by atoms with van der Waals surface area (Å²) in [4.78, 5) is 38.8. The average Bonchev–Trinajstić information content (AvgIpc) is 2.77. The Labute approximate surface area is 187 Å². The Morgan fingerprint density at radius 1 is 1.06 bits per heavy atom. The predicted molar refractivity (Wildman–Crippen MR) is 117 cm³/mol. The summed E-state index contributed by atoms with van der Waals surface area (Å²) in [5.74, 6) is -0.739. The number of benzene rings is 2. The van der Waals surface area contributed by atoms with Crippen LogP contribution >= 0.6 is 0 Å². The van der Waals surface area contributed by atoms with Crippen LogP contribution in [0.2, 0.25) is 0 Å². The lowest BCUT2D eigenvalue weighted by Crippen LogP contribution is -2.47. The van der Waals surface area contributed by atoms with Crippen LogP contribution in [0, 0.1) is 6.92 Å². The number of aryl methyl sites for hydroxylation is 1. The Balaban J connectivity index is 2.13. The number of halogens is 3. The van der Waals surface area contributed by atoms with Gasteiger partial charge in [0, 0.05) is 6.04 Å². The van der Waals surface area contributed by atoms with Crippen LogP contribution < -0.4 is 16.6 Å². The maximum absolute atomic E-state index is 13.1. The first-order valence-corrected chi connectivity index (χ1v) is 10.3. The standard InChI is InChI=1S/C23H23F3N4O3/c1-4-15(3)27-20(31)19-21(32)29(13-16-7-9-17(10-8-16)23(24,25)26)22(33)30(28-19)18-11-5-14(2)6-12-18/h5-12,15H,4,13H2,1-3H3,(H,27,31). The third-order valence-corrected chi connectivity index (χ3v) is 5.17. The van der Waals surface area contributed by atoms with E-state index in [4.69, 9.17) is 0 Å². The first-order chi connectivity index (χ1) is 15.5. The topological polar surface area (TPSA) is 86.0 Å². The van der Waals surface area contributed by atoms with Crippen LogP contribution in [0.1, 0.15) is 47.4 Å². The van der Waals surface area contributed by atoms with Crippen molar-refractivity contribution < 1.29 is 18.0 Å². The molecule has 0 bridgehead atoms. The number of rotatable bonds is 6. The Bertz CT molecular complexity index is 1260. The maximum atomic E-state index is 13.1. The van der Waals surface area contributed by atoms with E-state index in [1.54, 1.807) is 31.2 Å². The fourth-order valence-electron chi connectivity index (χ4n) is 3.03. The van der Waals surface area contributed by atoms with Gasteiger partial charge in [-0.3, -0.25) is 14.2 Å². The summed E-state index contributed by atoms with van der Waals surface area (Å²) in [7, 11) is 0. The minimum absolute atomic E-state index is 0.234. The number of hydrogen-bond donors (Lipinski definition) is 1. The Kier molecular flexibility index (Phi) is 6.85. The van der Waals surface area contributed by atoms with E-state index in [0.717, 1.165) is 26.9 Å².